The summed E-state index contributed by atoms with van der Waals surface area (Å²) in [5, 5.41) is 17.6. The number of nitro groups is 1. The summed E-state index contributed by atoms with van der Waals surface area (Å²) >= 11 is 0. The van der Waals surface area contributed by atoms with Crippen molar-refractivity contribution in [1.82, 2.24) is 0 Å². The first kappa shape index (κ1) is 14.8. The van der Waals surface area contributed by atoms with Gasteiger partial charge in [-0.3, -0.25) is 10.1 Å². The van der Waals surface area contributed by atoms with Gasteiger partial charge in [-0.15, -0.1) is 0 Å². The maximum atomic E-state index is 11.4. The van der Waals surface area contributed by atoms with Crippen LogP contribution in [0.1, 0.15) is 25.5 Å². The van der Waals surface area contributed by atoms with Crippen LogP contribution in [0.3, 0.4) is 0 Å². The van der Waals surface area contributed by atoms with Crippen molar-refractivity contribution >= 4 is 17.1 Å². The van der Waals surface area contributed by atoms with Crippen molar-refractivity contribution in [3.8, 4) is 0 Å². The van der Waals surface area contributed by atoms with E-state index in [4.69, 9.17) is 0 Å². The van der Waals surface area contributed by atoms with E-state index < -0.39 is 0 Å². The quantitative estimate of drug-likeness (QED) is 0.616. The number of anilines is 2. The minimum Gasteiger partial charge on any atom is -0.380 e. The Morgan fingerprint density at radius 1 is 1.10 bits per heavy atom. The number of rotatable bonds is 6. The van der Waals surface area contributed by atoms with E-state index in [1.165, 1.54) is 0 Å². The molecule has 1 unspecified atom stereocenters. The molecule has 2 N–H and O–H groups in total. The average molecular weight is 285 g/mol. The van der Waals surface area contributed by atoms with E-state index in [1.54, 1.807) is 12.1 Å². The molecule has 0 heterocycles. The number of hydrogen-bond acceptors (Lipinski definition) is 4. The molecule has 1 atom stereocenters. The van der Waals surface area contributed by atoms with Crippen molar-refractivity contribution < 1.29 is 4.92 Å². The highest BCUT2D eigenvalue weighted by Crippen LogP contribution is 2.34. The molecule has 0 radical (unpaired) electrons. The molecule has 0 spiro atoms. The molecule has 0 saturated carbocycles. The van der Waals surface area contributed by atoms with Gasteiger partial charge in [-0.05, 0) is 31.5 Å². The van der Waals surface area contributed by atoms with Crippen LogP contribution in [0.5, 0.6) is 0 Å². The highest BCUT2D eigenvalue weighted by atomic mass is 16.6. The van der Waals surface area contributed by atoms with Gasteiger partial charge in [0.05, 0.1) is 4.92 Å². The first-order valence-electron chi connectivity index (χ1n) is 6.96. The van der Waals surface area contributed by atoms with Gasteiger partial charge in [0.25, 0.3) is 0 Å². The van der Waals surface area contributed by atoms with Crippen molar-refractivity contribution in [2.45, 2.75) is 19.9 Å². The molecule has 2 rings (SSSR count). The van der Waals surface area contributed by atoms with Crippen LogP contribution in [0.15, 0.2) is 48.5 Å². The minimum atomic E-state index is -0.349. The summed E-state index contributed by atoms with van der Waals surface area (Å²) in [6.45, 7) is 4.54. The molecule has 0 aliphatic carbocycles. The normalized spacial score (nSPS) is 11.7. The average Bonchev–Trinajstić information content (AvgIpc) is 2.48. The highest BCUT2D eigenvalue weighted by Gasteiger charge is 2.20. The van der Waals surface area contributed by atoms with E-state index in [-0.39, 0.29) is 16.7 Å². The number of nitrogens with zero attached hydrogens (tertiary/aromatic N) is 1. The fraction of sp³-hybridized carbons (Fsp3) is 0.250. The van der Waals surface area contributed by atoms with Crippen LogP contribution >= 0.6 is 0 Å². The SMILES string of the molecule is CCNc1cccc(NC(C)c2ccccc2)c1[N+](=O)[O-]. The Morgan fingerprint density at radius 3 is 2.38 bits per heavy atom. The molecule has 0 aromatic heterocycles. The van der Waals surface area contributed by atoms with Gasteiger partial charge in [-0.1, -0.05) is 36.4 Å². The molecule has 0 aliphatic rings. The van der Waals surface area contributed by atoms with E-state index in [1.807, 2.05) is 50.2 Å². The lowest BCUT2D eigenvalue weighted by atomic mass is 10.1. The zero-order valence-electron chi connectivity index (χ0n) is 12.2. The Balaban J connectivity index is 2.31. The third-order valence-corrected chi connectivity index (χ3v) is 3.26. The van der Waals surface area contributed by atoms with Gasteiger partial charge in [0.15, 0.2) is 0 Å². The predicted octanol–water partition coefficient (Wildman–Crippen LogP) is 4.20. The van der Waals surface area contributed by atoms with Gasteiger partial charge in [-0.25, -0.2) is 0 Å². The molecule has 0 amide bonds. The van der Waals surface area contributed by atoms with Crippen LogP contribution in [0, 0.1) is 10.1 Å². The molecule has 5 heteroatoms. The lowest BCUT2D eigenvalue weighted by Gasteiger charge is -2.17. The van der Waals surface area contributed by atoms with Gasteiger partial charge in [0.1, 0.15) is 11.4 Å². The molecule has 0 bridgehead atoms. The van der Waals surface area contributed by atoms with Gasteiger partial charge in [-0.2, -0.15) is 0 Å². The maximum Gasteiger partial charge on any atom is 0.315 e. The smallest absolute Gasteiger partial charge is 0.315 e. The van der Waals surface area contributed by atoms with Crippen molar-refractivity contribution in [3.05, 3.63) is 64.2 Å². The Hall–Kier alpha value is -2.56. The summed E-state index contributed by atoms with van der Waals surface area (Å²) in [4.78, 5) is 11.0. The van der Waals surface area contributed by atoms with E-state index in [9.17, 15) is 10.1 Å². The first-order valence-corrected chi connectivity index (χ1v) is 6.96. The van der Waals surface area contributed by atoms with Crippen molar-refractivity contribution in [2.75, 3.05) is 17.2 Å². The zero-order valence-corrected chi connectivity index (χ0v) is 12.2. The van der Waals surface area contributed by atoms with E-state index >= 15 is 0 Å². The summed E-state index contributed by atoms with van der Waals surface area (Å²) in [5.41, 5.74) is 2.23. The first-order chi connectivity index (χ1) is 10.1. The van der Waals surface area contributed by atoms with Crippen LogP contribution in [0.4, 0.5) is 17.1 Å². The van der Waals surface area contributed by atoms with Crippen molar-refractivity contribution in [3.63, 3.8) is 0 Å². The fourth-order valence-electron chi connectivity index (χ4n) is 2.25. The number of benzene rings is 2. The molecule has 2 aromatic carbocycles. The van der Waals surface area contributed by atoms with Gasteiger partial charge in [0.2, 0.25) is 0 Å². The molecule has 5 nitrogen and oxygen atoms in total. The maximum absolute atomic E-state index is 11.4. The van der Waals surface area contributed by atoms with Crippen LogP contribution < -0.4 is 10.6 Å². The lowest BCUT2D eigenvalue weighted by Crippen LogP contribution is -2.10. The standard InChI is InChI=1S/C16H19N3O2/c1-3-17-14-10-7-11-15(16(14)19(20)21)18-12(2)13-8-5-4-6-9-13/h4-12,17-18H,3H2,1-2H3. The second-order valence-corrected chi connectivity index (χ2v) is 4.77. The number of nitro benzene ring substituents is 1. The molecule has 110 valence electrons. The summed E-state index contributed by atoms with van der Waals surface area (Å²) in [6, 6.07) is 15.1. The summed E-state index contributed by atoms with van der Waals surface area (Å²) in [5.74, 6) is 0. The lowest BCUT2D eigenvalue weighted by molar-refractivity contribution is -0.383. The van der Waals surface area contributed by atoms with Crippen molar-refractivity contribution in [1.29, 1.82) is 0 Å². The predicted molar refractivity (Wildman–Crippen MR) is 85.7 cm³/mol. The van der Waals surface area contributed by atoms with Crippen LogP contribution in [-0.2, 0) is 0 Å². The Bertz CT molecular complexity index is 614. The van der Waals surface area contributed by atoms with Gasteiger partial charge < -0.3 is 10.6 Å². The Morgan fingerprint density at radius 2 is 1.76 bits per heavy atom. The van der Waals surface area contributed by atoms with E-state index in [0.29, 0.717) is 17.9 Å². The fourth-order valence-corrected chi connectivity index (χ4v) is 2.25. The van der Waals surface area contributed by atoms with E-state index in [2.05, 4.69) is 10.6 Å². The van der Waals surface area contributed by atoms with Gasteiger partial charge >= 0.3 is 5.69 Å². The van der Waals surface area contributed by atoms with Gasteiger partial charge in [0, 0.05) is 12.6 Å². The monoisotopic (exact) mass is 285 g/mol. The van der Waals surface area contributed by atoms with Crippen LogP contribution in [0.25, 0.3) is 0 Å². The van der Waals surface area contributed by atoms with Crippen LogP contribution in [-0.4, -0.2) is 11.5 Å². The molecule has 0 saturated heterocycles. The second-order valence-electron chi connectivity index (χ2n) is 4.77. The highest BCUT2D eigenvalue weighted by molar-refractivity contribution is 5.76. The second kappa shape index (κ2) is 6.74. The Labute approximate surface area is 124 Å². The number of hydrogen-bond donors (Lipinski definition) is 2. The summed E-state index contributed by atoms with van der Waals surface area (Å²) < 4.78 is 0. The zero-order chi connectivity index (χ0) is 15.2. The molecule has 2 aromatic rings. The molecular formula is C16H19N3O2. The molecular weight excluding hydrogens is 266 g/mol. The van der Waals surface area contributed by atoms with E-state index in [0.717, 1.165) is 5.56 Å². The third kappa shape index (κ3) is 3.51. The molecule has 0 fully saturated rings. The topological polar surface area (TPSA) is 67.2 Å². The summed E-state index contributed by atoms with van der Waals surface area (Å²) in [6.07, 6.45) is 0. The Kier molecular flexibility index (Phi) is 4.77. The minimum absolute atomic E-state index is 0.0122. The number of para-hydroxylation sites is 1. The summed E-state index contributed by atoms with van der Waals surface area (Å²) in [7, 11) is 0. The third-order valence-electron chi connectivity index (χ3n) is 3.26. The van der Waals surface area contributed by atoms with Crippen molar-refractivity contribution in [2.24, 2.45) is 0 Å². The largest absolute Gasteiger partial charge is 0.380 e. The van der Waals surface area contributed by atoms with Crippen LogP contribution in [0.2, 0.25) is 0 Å². The number of nitrogens with one attached hydrogen (secondary N) is 2. The molecule has 21 heavy (non-hydrogen) atoms. The molecule has 0 aliphatic heterocycles.